The lowest BCUT2D eigenvalue weighted by Gasteiger charge is -2.16. The third kappa shape index (κ3) is 5.04. The summed E-state index contributed by atoms with van der Waals surface area (Å²) in [6.45, 7) is 1.77. The van der Waals surface area contributed by atoms with E-state index in [1.54, 1.807) is 12.4 Å². The second kappa shape index (κ2) is 9.24. The molecule has 0 bridgehead atoms. The maximum absolute atomic E-state index is 12.1. The summed E-state index contributed by atoms with van der Waals surface area (Å²) in [5.74, 6) is 0.552. The van der Waals surface area contributed by atoms with Gasteiger partial charge in [-0.15, -0.1) is 0 Å². The second-order valence-electron chi connectivity index (χ2n) is 7.23. The minimum Gasteiger partial charge on any atom is -0.306 e. The van der Waals surface area contributed by atoms with Crippen LogP contribution in [-0.2, 0) is 13.0 Å². The van der Waals surface area contributed by atoms with Gasteiger partial charge >= 0.3 is 0 Å². The third-order valence-electron chi connectivity index (χ3n) is 4.85. The predicted octanol–water partition coefficient (Wildman–Crippen LogP) is 3.57. The van der Waals surface area contributed by atoms with Crippen LogP contribution in [-0.4, -0.2) is 38.4 Å². The molecule has 1 N–H and O–H groups in total. The lowest BCUT2D eigenvalue weighted by Crippen LogP contribution is -2.21. The number of hydrogen-bond donors (Lipinski definition) is 1. The van der Waals surface area contributed by atoms with E-state index in [4.69, 9.17) is 0 Å². The highest BCUT2D eigenvalue weighted by Gasteiger charge is 2.07. The predicted molar refractivity (Wildman–Crippen MR) is 118 cm³/mol. The summed E-state index contributed by atoms with van der Waals surface area (Å²) in [7, 11) is 2.10. The molecule has 0 atom stereocenters. The van der Waals surface area contributed by atoms with Crippen LogP contribution in [0.4, 0.5) is 0 Å². The Hall–Kier alpha value is -3.64. The van der Waals surface area contributed by atoms with Crippen LogP contribution in [0.1, 0.15) is 11.3 Å². The number of rotatable bonds is 7. The van der Waals surface area contributed by atoms with Crippen molar-refractivity contribution in [2.24, 2.45) is 0 Å². The van der Waals surface area contributed by atoms with E-state index in [0.717, 1.165) is 36.3 Å². The van der Waals surface area contributed by atoms with Crippen LogP contribution in [0.25, 0.3) is 22.6 Å². The fraction of sp³-hybridized carbons (Fsp3) is 0.167. The fourth-order valence-corrected chi connectivity index (χ4v) is 3.27. The largest absolute Gasteiger partial charge is 0.306 e. The molecule has 0 saturated carbocycles. The molecule has 3 heterocycles. The van der Waals surface area contributed by atoms with Gasteiger partial charge in [0.05, 0.1) is 5.69 Å². The fourth-order valence-electron chi connectivity index (χ4n) is 3.27. The van der Waals surface area contributed by atoms with Gasteiger partial charge < -0.3 is 9.88 Å². The van der Waals surface area contributed by atoms with E-state index in [1.165, 1.54) is 11.6 Å². The first-order chi connectivity index (χ1) is 14.7. The number of H-pyrrole nitrogens is 1. The number of aromatic amines is 1. The molecule has 0 aliphatic rings. The first-order valence-electron chi connectivity index (χ1n) is 9.87. The van der Waals surface area contributed by atoms with Crippen LogP contribution < -0.4 is 5.56 Å². The van der Waals surface area contributed by atoms with Crippen LogP contribution in [0.2, 0.25) is 0 Å². The van der Waals surface area contributed by atoms with E-state index in [1.807, 2.05) is 42.6 Å². The molecule has 150 valence electrons. The molecule has 0 amide bonds. The molecule has 0 aliphatic heterocycles. The van der Waals surface area contributed by atoms with Gasteiger partial charge in [-0.3, -0.25) is 14.8 Å². The molecular formula is C24H23N5O. The Morgan fingerprint density at radius 1 is 0.967 bits per heavy atom. The average molecular weight is 397 g/mol. The van der Waals surface area contributed by atoms with E-state index >= 15 is 0 Å². The zero-order valence-electron chi connectivity index (χ0n) is 16.8. The Bertz CT molecular complexity index is 1140. The maximum atomic E-state index is 12.1. The molecule has 6 heteroatoms. The summed E-state index contributed by atoms with van der Waals surface area (Å²) in [6.07, 6.45) is 6.15. The standard InChI is InChI=1S/C24H23N5O/c1-29(14-11-21-6-2-3-13-26-21)17-18-7-9-19(10-8-18)24-27-22(15-23(30)28-24)20-5-4-12-25-16-20/h2-10,12-13,15-16H,11,14,17H2,1H3,(H,27,28,30). The highest BCUT2D eigenvalue weighted by molar-refractivity contribution is 5.62. The van der Waals surface area contributed by atoms with Gasteiger partial charge in [0.25, 0.3) is 5.56 Å². The van der Waals surface area contributed by atoms with Crippen LogP contribution in [0.3, 0.4) is 0 Å². The highest BCUT2D eigenvalue weighted by atomic mass is 16.1. The summed E-state index contributed by atoms with van der Waals surface area (Å²) in [6, 6.07) is 19.3. The normalized spacial score (nSPS) is 11.0. The number of hydrogen-bond acceptors (Lipinski definition) is 5. The number of nitrogens with zero attached hydrogens (tertiary/aromatic N) is 4. The van der Waals surface area contributed by atoms with E-state index in [2.05, 4.69) is 50.1 Å². The van der Waals surface area contributed by atoms with E-state index in [9.17, 15) is 4.79 Å². The third-order valence-corrected chi connectivity index (χ3v) is 4.85. The maximum Gasteiger partial charge on any atom is 0.251 e. The Balaban J connectivity index is 1.44. The van der Waals surface area contributed by atoms with Crippen molar-refractivity contribution in [3.8, 4) is 22.6 Å². The van der Waals surface area contributed by atoms with Gasteiger partial charge in [-0.05, 0) is 36.9 Å². The molecule has 1 aromatic carbocycles. The lowest BCUT2D eigenvalue weighted by atomic mass is 10.1. The molecule has 0 aliphatic carbocycles. The zero-order valence-corrected chi connectivity index (χ0v) is 16.8. The van der Waals surface area contributed by atoms with Gasteiger partial charge in [-0.1, -0.05) is 30.3 Å². The van der Waals surface area contributed by atoms with Crippen LogP contribution >= 0.6 is 0 Å². The van der Waals surface area contributed by atoms with Crippen molar-refractivity contribution < 1.29 is 0 Å². The minimum atomic E-state index is -0.183. The van der Waals surface area contributed by atoms with Crippen molar-refractivity contribution in [1.82, 2.24) is 24.8 Å². The van der Waals surface area contributed by atoms with E-state index < -0.39 is 0 Å². The molecule has 0 spiro atoms. The minimum absolute atomic E-state index is 0.183. The first kappa shape index (κ1) is 19.7. The SMILES string of the molecule is CN(CCc1ccccn1)Cc1ccc(-c2nc(-c3cccnc3)cc(=O)[nH]2)cc1. The summed E-state index contributed by atoms with van der Waals surface area (Å²) < 4.78 is 0. The Kier molecular flexibility index (Phi) is 6.06. The van der Waals surface area contributed by atoms with Crippen LogP contribution in [0.15, 0.2) is 84.0 Å². The van der Waals surface area contributed by atoms with Crippen LogP contribution in [0, 0.1) is 0 Å². The second-order valence-corrected chi connectivity index (χ2v) is 7.23. The Labute approximate surface area is 175 Å². The summed E-state index contributed by atoms with van der Waals surface area (Å²) in [5, 5.41) is 0. The van der Waals surface area contributed by atoms with Crippen molar-refractivity contribution in [3.63, 3.8) is 0 Å². The van der Waals surface area contributed by atoms with Gasteiger partial charge in [-0.25, -0.2) is 4.98 Å². The van der Waals surface area contributed by atoms with E-state index in [-0.39, 0.29) is 5.56 Å². The topological polar surface area (TPSA) is 74.8 Å². The molecule has 30 heavy (non-hydrogen) atoms. The van der Waals surface area contributed by atoms with Crippen molar-refractivity contribution >= 4 is 0 Å². The van der Waals surface area contributed by atoms with Gasteiger partial charge in [-0.2, -0.15) is 0 Å². The van der Waals surface area contributed by atoms with Crippen molar-refractivity contribution in [2.45, 2.75) is 13.0 Å². The number of likely N-dealkylation sites (N-methyl/N-ethyl adjacent to an activating group) is 1. The lowest BCUT2D eigenvalue weighted by molar-refractivity contribution is 0.330. The summed E-state index contributed by atoms with van der Waals surface area (Å²) >= 11 is 0. The van der Waals surface area contributed by atoms with Crippen molar-refractivity contribution in [1.29, 1.82) is 0 Å². The van der Waals surface area contributed by atoms with Crippen molar-refractivity contribution in [3.05, 3.63) is 101 Å². The zero-order chi connectivity index (χ0) is 20.8. The molecule has 0 fully saturated rings. The highest BCUT2D eigenvalue weighted by Crippen LogP contribution is 2.19. The van der Waals surface area contributed by atoms with Crippen molar-refractivity contribution in [2.75, 3.05) is 13.6 Å². The molecule has 6 nitrogen and oxygen atoms in total. The molecular weight excluding hydrogens is 374 g/mol. The number of nitrogens with one attached hydrogen (secondary N) is 1. The molecule has 4 rings (SSSR count). The molecule has 3 aromatic heterocycles. The van der Waals surface area contributed by atoms with E-state index in [0.29, 0.717) is 11.5 Å². The van der Waals surface area contributed by atoms with Gasteiger partial charge in [0.1, 0.15) is 5.82 Å². The summed E-state index contributed by atoms with van der Waals surface area (Å²) in [5.41, 5.74) is 4.42. The molecule has 0 radical (unpaired) electrons. The van der Waals surface area contributed by atoms with Gasteiger partial charge in [0.2, 0.25) is 0 Å². The molecule has 0 saturated heterocycles. The number of aromatic nitrogens is 4. The van der Waals surface area contributed by atoms with Crippen LogP contribution in [0.5, 0.6) is 0 Å². The number of benzene rings is 1. The molecule has 4 aromatic rings. The quantitative estimate of drug-likeness (QED) is 0.516. The van der Waals surface area contributed by atoms with Gasteiger partial charge in [0, 0.05) is 61.0 Å². The number of pyridine rings is 2. The Morgan fingerprint density at radius 3 is 2.57 bits per heavy atom. The average Bonchev–Trinajstić information content (AvgIpc) is 2.79. The summed E-state index contributed by atoms with van der Waals surface area (Å²) in [4.78, 5) is 30.3. The molecule has 0 unspecified atom stereocenters. The Morgan fingerprint density at radius 2 is 1.83 bits per heavy atom. The first-order valence-corrected chi connectivity index (χ1v) is 9.87. The monoisotopic (exact) mass is 397 g/mol. The van der Waals surface area contributed by atoms with Gasteiger partial charge in [0.15, 0.2) is 0 Å². The smallest absolute Gasteiger partial charge is 0.251 e.